The fraction of sp³-hybridized carbons (Fsp3) is 0.158. The van der Waals surface area contributed by atoms with Crippen LogP contribution in [0.2, 0.25) is 5.02 Å². The molecule has 1 N–H and O–H groups in total. The van der Waals surface area contributed by atoms with Crippen LogP contribution in [-0.2, 0) is 13.0 Å². The third kappa shape index (κ3) is 3.11. The monoisotopic (exact) mass is 382 g/mol. The maximum Gasteiger partial charge on any atom is 0.281 e. The second-order valence-electron chi connectivity index (χ2n) is 6.04. The molecule has 0 saturated carbocycles. The zero-order valence-corrected chi connectivity index (χ0v) is 14.9. The molecule has 0 bridgehead atoms. The van der Waals surface area contributed by atoms with Crippen molar-refractivity contribution in [2.75, 3.05) is 6.61 Å². The summed E-state index contributed by atoms with van der Waals surface area (Å²) in [6.07, 6.45) is -0.158. The molecule has 7 nitrogen and oxygen atoms in total. The van der Waals surface area contributed by atoms with Gasteiger partial charge in [0, 0.05) is 10.6 Å². The second-order valence-corrected chi connectivity index (χ2v) is 6.48. The predicted octanol–water partition coefficient (Wildman–Crippen LogP) is 2.12. The molecule has 0 aliphatic carbocycles. The molecule has 0 saturated heterocycles. The molecule has 0 aliphatic heterocycles. The Morgan fingerprint density at radius 3 is 2.59 bits per heavy atom. The van der Waals surface area contributed by atoms with Crippen LogP contribution < -0.4 is 5.56 Å². The molecule has 0 amide bonds. The van der Waals surface area contributed by atoms with Gasteiger partial charge in [-0.2, -0.15) is 5.10 Å². The fourth-order valence-corrected chi connectivity index (χ4v) is 3.12. The van der Waals surface area contributed by atoms with Gasteiger partial charge in [-0.1, -0.05) is 23.7 Å². The average molecular weight is 383 g/mol. The number of carbonyl (C=O) groups is 1. The fourth-order valence-electron chi connectivity index (χ4n) is 2.99. The minimum absolute atomic E-state index is 0.0963. The van der Waals surface area contributed by atoms with Gasteiger partial charge in [0.1, 0.15) is 5.69 Å². The highest BCUT2D eigenvalue weighted by Gasteiger charge is 2.18. The lowest BCUT2D eigenvalue weighted by atomic mass is 10.1. The van der Waals surface area contributed by atoms with Crippen molar-refractivity contribution in [2.24, 2.45) is 0 Å². The van der Waals surface area contributed by atoms with E-state index in [2.05, 4.69) is 10.1 Å². The molecule has 2 aromatic heterocycles. The summed E-state index contributed by atoms with van der Waals surface area (Å²) in [6, 6.07) is 13.7. The summed E-state index contributed by atoms with van der Waals surface area (Å²) in [7, 11) is 0. The van der Waals surface area contributed by atoms with E-state index in [1.165, 1.54) is 9.08 Å². The van der Waals surface area contributed by atoms with Crippen LogP contribution in [0.1, 0.15) is 16.1 Å². The predicted molar refractivity (Wildman–Crippen MR) is 101 cm³/mol. The van der Waals surface area contributed by atoms with E-state index in [-0.39, 0.29) is 31.0 Å². The number of benzene rings is 2. The number of aromatic nitrogens is 4. The first-order chi connectivity index (χ1) is 13.1. The first-order valence-corrected chi connectivity index (χ1v) is 8.73. The highest BCUT2D eigenvalue weighted by molar-refractivity contribution is 6.30. The minimum Gasteiger partial charge on any atom is -0.394 e. The number of hydrogen-bond acceptors (Lipinski definition) is 5. The third-order valence-electron chi connectivity index (χ3n) is 4.27. The van der Waals surface area contributed by atoms with Crippen molar-refractivity contribution in [3.8, 4) is 0 Å². The number of aliphatic hydroxyl groups is 1. The van der Waals surface area contributed by atoms with Gasteiger partial charge < -0.3 is 5.11 Å². The van der Waals surface area contributed by atoms with Crippen molar-refractivity contribution in [1.82, 2.24) is 19.2 Å². The molecule has 4 rings (SSSR count). The zero-order chi connectivity index (χ0) is 19.0. The first kappa shape index (κ1) is 17.4. The summed E-state index contributed by atoms with van der Waals surface area (Å²) in [4.78, 5) is 30.0. The van der Waals surface area contributed by atoms with Crippen LogP contribution in [0, 0.1) is 0 Å². The van der Waals surface area contributed by atoms with E-state index in [0.29, 0.717) is 27.4 Å². The highest BCUT2D eigenvalue weighted by atomic mass is 35.5. The van der Waals surface area contributed by atoms with Crippen LogP contribution in [0.5, 0.6) is 0 Å². The number of fused-ring (bicyclic) bond motifs is 3. The van der Waals surface area contributed by atoms with Crippen molar-refractivity contribution in [3.05, 3.63) is 75.2 Å². The van der Waals surface area contributed by atoms with E-state index in [9.17, 15) is 14.7 Å². The van der Waals surface area contributed by atoms with Crippen molar-refractivity contribution in [1.29, 1.82) is 0 Å². The van der Waals surface area contributed by atoms with E-state index in [0.717, 1.165) is 0 Å². The quantitative estimate of drug-likeness (QED) is 0.534. The SMILES string of the molecule is O=C(Cc1nn(CCO)c2nc3ccccc3n2c1=O)c1ccc(Cl)cc1. The highest BCUT2D eigenvalue weighted by Crippen LogP contribution is 2.15. The molecular formula is C19H15ClN4O3. The normalized spacial score (nSPS) is 11.3. The smallest absolute Gasteiger partial charge is 0.281 e. The third-order valence-corrected chi connectivity index (χ3v) is 4.52. The summed E-state index contributed by atoms with van der Waals surface area (Å²) >= 11 is 5.85. The molecule has 0 aliphatic rings. The Kier molecular flexibility index (Phi) is 4.47. The largest absolute Gasteiger partial charge is 0.394 e. The Morgan fingerprint density at radius 2 is 1.85 bits per heavy atom. The molecule has 8 heteroatoms. The van der Waals surface area contributed by atoms with Gasteiger partial charge in [-0.05, 0) is 36.4 Å². The number of ketones is 1. The van der Waals surface area contributed by atoms with Crippen molar-refractivity contribution in [3.63, 3.8) is 0 Å². The lowest BCUT2D eigenvalue weighted by molar-refractivity contribution is 0.0991. The Morgan fingerprint density at radius 1 is 1.11 bits per heavy atom. The Bertz CT molecular complexity index is 1210. The number of imidazole rings is 1. The Hall–Kier alpha value is -3.03. The molecule has 0 unspecified atom stereocenters. The number of para-hydroxylation sites is 2. The molecule has 2 aromatic carbocycles. The van der Waals surface area contributed by atoms with Gasteiger partial charge in [0.2, 0.25) is 5.78 Å². The molecule has 4 aromatic rings. The molecule has 0 radical (unpaired) electrons. The maximum absolute atomic E-state index is 13.0. The summed E-state index contributed by atoms with van der Waals surface area (Å²) in [6.45, 7) is -0.00541. The lowest BCUT2D eigenvalue weighted by Crippen LogP contribution is -2.28. The van der Waals surface area contributed by atoms with Crippen LogP contribution in [0.4, 0.5) is 0 Å². The topological polar surface area (TPSA) is 89.5 Å². The molecule has 0 atom stereocenters. The zero-order valence-electron chi connectivity index (χ0n) is 14.2. The number of nitrogens with zero attached hydrogens (tertiary/aromatic N) is 4. The first-order valence-electron chi connectivity index (χ1n) is 8.35. The maximum atomic E-state index is 13.0. The lowest BCUT2D eigenvalue weighted by Gasteiger charge is -2.08. The van der Waals surface area contributed by atoms with E-state index >= 15 is 0 Å². The molecular weight excluding hydrogens is 368 g/mol. The average Bonchev–Trinajstić information content (AvgIpc) is 3.06. The van der Waals surface area contributed by atoms with E-state index in [1.807, 2.05) is 12.1 Å². The number of carbonyl (C=O) groups excluding carboxylic acids is 1. The molecule has 0 spiro atoms. The number of aliphatic hydroxyl groups excluding tert-OH is 1. The molecule has 0 fully saturated rings. The minimum atomic E-state index is -0.393. The Balaban J connectivity index is 1.86. The van der Waals surface area contributed by atoms with Crippen LogP contribution >= 0.6 is 11.6 Å². The van der Waals surface area contributed by atoms with Crippen LogP contribution in [0.3, 0.4) is 0 Å². The van der Waals surface area contributed by atoms with Gasteiger partial charge in [0.05, 0.1) is 30.6 Å². The summed E-state index contributed by atoms with van der Waals surface area (Å²) in [5.41, 5.74) is 1.43. The number of halogens is 1. The second kappa shape index (κ2) is 6.94. The van der Waals surface area contributed by atoms with Crippen LogP contribution in [0.25, 0.3) is 16.8 Å². The van der Waals surface area contributed by atoms with Gasteiger partial charge in [-0.3, -0.25) is 9.59 Å². The standard InChI is InChI=1S/C19H15ClN4O3/c20-13-7-5-12(6-8-13)17(26)11-15-18(27)24-16-4-2-1-3-14(16)21-19(24)23(22-15)9-10-25/h1-8,25H,9-11H2. The number of Topliss-reactive ketones (excluding diaryl/α,β-unsaturated/α-hetero) is 1. The van der Waals surface area contributed by atoms with E-state index < -0.39 is 5.56 Å². The summed E-state index contributed by atoms with van der Waals surface area (Å²) in [5.74, 6) is 0.0912. The van der Waals surface area contributed by atoms with Crippen LogP contribution in [0.15, 0.2) is 53.3 Å². The van der Waals surface area contributed by atoms with Crippen molar-refractivity contribution >= 4 is 34.2 Å². The van der Waals surface area contributed by atoms with Gasteiger partial charge in [-0.25, -0.2) is 14.1 Å². The molecule has 27 heavy (non-hydrogen) atoms. The molecule has 136 valence electrons. The Labute approximate surface area is 158 Å². The summed E-state index contributed by atoms with van der Waals surface area (Å²) < 4.78 is 2.88. The van der Waals surface area contributed by atoms with Gasteiger partial charge >= 0.3 is 0 Å². The van der Waals surface area contributed by atoms with Gasteiger partial charge in [0.15, 0.2) is 5.78 Å². The van der Waals surface area contributed by atoms with Gasteiger partial charge in [0.25, 0.3) is 5.56 Å². The van der Waals surface area contributed by atoms with E-state index in [4.69, 9.17) is 11.6 Å². The van der Waals surface area contributed by atoms with Crippen molar-refractivity contribution < 1.29 is 9.90 Å². The van der Waals surface area contributed by atoms with Crippen LogP contribution in [-0.4, -0.2) is 36.7 Å². The summed E-state index contributed by atoms with van der Waals surface area (Å²) in [5, 5.41) is 14.2. The van der Waals surface area contributed by atoms with E-state index in [1.54, 1.807) is 36.4 Å². The number of rotatable bonds is 5. The number of hydrogen-bond donors (Lipinski definition) is 1. The van der Waals surface area contributed by atoms with Gasteiger partial charge in [-0.15, -0.1) is 0 Å². The molecule has 2 heterocycles. The van der Waals surface area contributed by atoms with Crippen molar-refractivity contribution in [2.45, 2.75) is 13.0 Å².